The topological polar surface area (TPSA) is 38.3 Å². The molecule has 0 saturated heterocycles. The highest BCUT2D eigenvalue weighted by Crippen LogP contribution is 2.45. The van der Waals surface area contributed by atoms with Crippen molar-refractivity contribution in [3.63, 3.8) is 0 Å². The van der Waals surface area contributed by atoms with Crippen LogP contribution in [0.4, 0.5) is 5.69 Å². The number of carbonyl (C=O) groups is 1. The van der Waals surface area contributed by atoms with Crippen molar-refractivity contribution >= 4 is 23.2 Å². The standard InChI is InChI=1S/C17H14ClNO2/c18-17(13-9-21-15-4-2-1-3-12(13)15)10-5-6-14-11(7-10)8-16(20)19-14/h1-7,13,17H,8-9H2,(H,19,20). The van der Waals surface area contributed by atoms with Crippen LogP contribution in [-0.4, -0.2) is 12.5 Å². The first-order chi connectivity index (χ1) is 10.2. The zero-order valence-electron chi connectivity index (χ0n) is 11.3. The summed E-state index contributed by atoms with van der Waals surface area (Å²) in [5.74, 6) is 1.11. The molecule has 2 aliphatic heterocycles. The minimum absolute atomic E-state index is 0.0443. The maximum atomic E-state index is 11.4. The van der Waals surface area contributed by atoms with Crippen LogP contribution in [0.5, 0.6) is 5.75 Å². The molecule has 1 amide bonds. The van der Waals surface area contributed by atoms with E-state index >= 15 is 0 Å². The summed E-state index contributed by atoms with van der Waals surface area (Å²) in [5.41, 5.74) is 4.12. The predicted octanol–water partition coefficient (Wildman–Crippen LogP) is 3.64. The number of hydrogen-bond acceptors (Lipinski definition) is 2. The van der Waals surface area contributed by atoms with Crippen molar-refractivity contribution in [2.24, 2.45) is 0 Å². The number of rotatable bonds is 2. The van der Waals surface area contributed by atoms with Crippen molar-refractivity contribution < 1.29 is 9.53 Å². The summed E-state index contributed by atoms with van der Waals surface area (Å²) in [6, 6.07) is 14.0. The van der Waals surface area contributed by atoms with Gasteiger partial charge in [0, 0.05) is 17.2 Å². The third kappa shape index (κ3) is 2.09. The number of alkyl halides is 1. The molecule has 0 aliphatic carbocycles. The molecule has 0 fully saturated rings. The van der Waals surface area contributed by atoms with Gasteiger partial charge < -0.3 is 10.1 Å². The second kappa shape index (κ2) is 4.78. The lowest BCUT2D eigenvalue weighted by Crippen LogP contribution is -2.08. The molecule has 0 radical (unpaired) electrons. The Labute approximate surface area is 127 Å². The van der Waals surface area contributed by atoms with Crippen molar-refractivity contribution in [1.82, 2.24) is 0 Å². The Hall–Kier alpha value is -2.00. The first-order valence-corrected chi connectivity index (χ1v) is 7.44. The SMILES string of the molecule is O=C1Cc2cc(C(Cl)C3COc4ccccc43)ccc2N1. The summed E-state index contributed by atoms with van der Waals surface area (Å²) in [6.07, 6.45) is 0.435. The second-order valence-corrected chi connectivity index (χ2v) is 5.97. The molecule has 1 N–H and O–H groups in total. The average Bonchev–Trinajstić information content (AvgIpc) is 3.07. The van der Waals surface area contributed by atoms with E-state index in [9.17, 15) is 4.79 Å². The number of anilines is 1. The lowest BCUT2D eigenvalue weighted by Gasteiger charge is -2.17. The normalized spacial score (nSPS) is 20.4. The molecule has 0 spiro atoms. The highest BCUT2D eigenvalue weighted by molar-refractivity contribution is 6.21. The highest BCUT2D eigenvalue weighted by atomic mass is 35.5. The van der Waals surface area contributed by atoms with Gasteiger partial charge >= 0.3 is 0 Å². The van der Waals surface area contributed by atoms with Crippen LogP contribution in [0, 0.1) is 0 Å². The molecule has 0 saturated carbocycles. The number of benzene rings is 2. The fourth-order valence-electron chi connectivity index (χ4n) is 3.08. The molecule has 2 heterocycles. The van der Waals surface area contributed by atoms with Gasteiger partial charge in [-0.1, -0.05) is 30.3 Å². The van der Waals surface area contributed by atoms with E-state index in [0.29, 0.717) is 13.0 Å². The van der Waals surface area contributed by atoms with E-state index < -0.39 is 0 Å². The molecule has 2 unspecified atom stereocenters. The molecular formula is C17H14ClNO2. The minimum atomic E-state index is -0.158. The summed E-state index contributed by atoms with van der Waals surface area (Å²) < 4.78 is 5.71. The molecule has 3 nitrogen and oxygen atoms in total. The Morgan fingerprint density at radius 2 is 2.10 bits per heavy atom. The van der Waals surface area contributed by atoms with Crippen LogP contribution in [0.25, 0.3) is 0 Å². The lowest BCUT2D eigenvalue weighted by atomic mass is 9.92. The van der Waals surface area contributed by atoms with E-state index in [0.717, 1.165) is 28.1 Å². The van der Waals surface area contributed by atoms with Gasteiger partial charge in [0.25, 0.3) is 0 Å². The fraction of sp³-hybridized carbons (Fsp3) is 0.235. The van der Waals surface area contributed by atoms with E-state index in [1.807, 2.05) is 36.4 Å². The lowest BCUT2D eigenvalue weighted by molar-refractivity contribution is -0.115. The Kier molecular flexibility index (Phi) is 2.89. The number of halogens is 1. The molecule has 0 aromatic heterocycles. The summed E-state index contributed by atoms with van der Waals surface area (Å²) in [6.45, 7) is 0.599. The second-order valence-electron chi connectivity index (χ2n) is 5.50. The molecule has 2 atom stereocenters. The number of ether oxygens (including phenoxy) is 1. The van der Waals surface area contributed by atoms with Gasteiger partial charge in [-0.25, -0.2) is 0 Å². The van der Waals surface area contributed by atoms with E-state index in [4.69, 9.17) is 16.3 Å². The van der Waals surface area contributed by atoms with Gasteiger partial charge in [0.1, 0.15) is 5.75 Å². The summed E-state index contributed by atoms with van der Waals surface area (Å²) >= 11 is 6.69. The van der Waals surface area contributed by atoms with Gasteiger partial charge in [0.05, 0.1) is 18.4 Å². The van der Waals surface area contributed by atoms with E-state index in [2.05, 4.69) is 11.4 Å². The van der Waals surface area contributed by atoms with Gasteiger partial charge in [-0.05, 0) is 23.3 Å². The molecule has 4 rings (SSSR count). The van der Waals surface area contributed by atoms with Gasteiger partial charge in [-0.15, -0.1) is 11.6 Å². The van der Waals surface area contributed by atoms with Crippen LogP contribution in [0.1, 0.15) is 28.0 Å². The summed E-state index contributed by atoms with van der Waals surface area (Å²) in [7, 11) is 0. The van der Waals surface area contributed by atoms with E-state index in [1.165, 1.54) is 0 Å². The predicted molar refractivity (Wildman–Crippen MR) is 82.0 cm³/mol. The van der Waals surface area contributed by atoms with Crippen LogP contribution in [-0.2, 0) is 11.2 Å². The minimum Gasteiger partial charge on any atom is -0.493 e. The Morgan fingerprint density at radius 3 is 3.00 bits per heavy atom. The maximum Gasteiger partial charge on any atom is 0.228 e. The van der Waals surface area contributed by atoms with Crippen LogP contribution >= 0.6 is 11.6 Å². The number of para-hydroxylation sites is 1. The highest BCUT2D eigenvalue weighted by Gasteiger charge is 2.31. The van der Waals surface area contributed by atoms with Crippen molar-refractivity contribution in [3.05, 3.63) is 59.2 Å². The number of fused-ring (bicyclic) bond motifs is 2. The molecule has 2 aliphatic rings. The van der Waals surface area contributed by atoms with Crippen LogP contribution < -0.4 is 10.1 Å². The number of carbonyl (C=O) groups excluding carboxylic acids is 1. The Bertz CT molecular complexity index is 728. The molecule has 0 bridgehead atoms. The molecule has 4 heteroatoms. The first-order valence-electron chi connectivity index (χ1n) is 7.01. The molecular weight excluding hydrogens is 286 g/mol. The third-order valence-electron chi connectivity index (χ3n) is 4.16. The first kappa shape index (κ1) is 12.7. The van der Waals surface area contributed by atoms with E-state index in [-0.39, 0.29) is 17.2 Å². The smallest absolute Gasteiger partial charge is 0.228 e. The Morgan fingerprint density at radius 1 is 1.24 bits per heavy atom. The van der Waals surface area contributed by atoms with Crippen molar-refractivity contribution in [1.29, 1.82) is 0 Å². The number of hydrogen-bond donors (Lipinski definition) is 1. The van der Waals surface area contributed by atoms with Crippen molar-refractivity contribution in [2.45, 2.75) is 17.7 Å². The average molecular weight is 300 g/mol. The molecule has 21 heavy (non-hydrogen) atoms. The Balaban J connectivity index is 1.66. The quantitative estimate of drug-likeness (QED) is 0.860. The van der Waals surface area contributed by atoms with Crippen molar-refractivity contribution in [2.75, 3.05) is 11.9 Å². The van der Waals surface area contributed by atoms with Gasteiger partial charge in [-0.3, -0.25) is 4.79 Å². The van der Waals surface area contributed by atoms with Gasteiger partial charge in [0.15, 0.2) is 0 Å². The maximum absolute atomic E-state index is 11.4. The van der Waals surface area contributed by atoms with Crippen LogP contribution in [0.15, 0.2) is 42.5 Å². The molecule has 106 valence electrons. The largest absolute Gasteiger partial charge is 0.493 e. The summed E-state index contributed by atoms with van der Waals surface area (Å²) in [4.78, 5) is 11.4. The monoisotopic (exact) mass is 299 g/mol. The zero-order chi connectivity index (χ0) is 14.4. The fourth-order valence-corrected chi connectivity index (χ4v) is 3.43. The molecule has 2 aromatic rings. The third-order valence-corrected chi connectivity index (χ3v) is 4.72. The van der Waals surface area contributed by atoms with Gasteiger partial charge in [0.2, 0.25) is 5.91 Å². The van der Waals surface area contributed by atoms with Crippen LogP contribution in [0.2, 0.25) is 0 Å². The summed E-state index contributed by atoms with van der Waals surface area (Å²) in [5, 5.41) is 2.68. The van der Waals surface area contributed by atoms with Crippen LogP contribution in [0.3, 0.4) is 0 Å². The zero-order valence-corrected chi connectivity index (χ0v) is 12.1. The molecule has 2 aromatic carbocycles. The number of amides is 1. The van der Waals surface area contributed by atoms with E-state index in [1.54, 1.807) is 0 Å². The van der Waals surface area contributed by atoms with Crippen molar-refractivity contribution in [3.8, 4) is 5.75 Å². The van der Waals surface area contributed by atoms with Gasteiger partial charge in [-0.2, -0.15) is 0 Å². The number of nitrogens with one attached hydrogen (secondary N) is 1.